The predicted octanol–water partition coefficient (Wildman–Crippen LogP) is 3.36. The van der Waals surface area contributed by atoms with Gasteiger partial charge in [-0.05, 0) is 43.4 Å². The Kier molecular flexibility index (Phi) is 5.64. The number of carbonyl (C=O) groups excluding carboxylic acids is 1. The first-order chi connectivity index (χ1) is 14.6. The number of hydrogen-bond acceptors (Lipinski definition) is 7. The fourth-order valence-corrected chi connectivity index (χ4v) is 5.50. The first kappa shape index (κ1) is 20.2. The molecule has 2 heterocycles. The monoisotopic (exact) mass is 425 g/mol. The smallest absolute Gasteiger partial charge is 0.250 e. The third kappa shape index (κ3) is 3.29. The number of nitriles is 1. The van der Waals surface area contributed by atoms with Crippen molar-refractivity contribution in [1.82, 2.24) is 0 Å². The third-order valence-electron chi connectivity index (χ3n) is 5.48. The number of aryl methyl sites for hydroxylation is 1. The number of ether oxygens (including phenoxy) is 3. The van der Waals surface area contributed by atoms with Gasteiger partial charge in [0.25, 0.3) is 0 Å². The summed E-state index contributed by atoms with van der Waals surface area (Å²) in [6, 6.07) is 5.85. The zero-order chi connectivity index (χ0) is 21.3. The molecule has 30 heavy (non-hydrogen) atoms. The van der Waals surface area contributed by atoms with Crippen LogP contribution in [-0.4, -0.2) is 46.0 Å². The lowest BCUT2D eigenvalue weighted by molar-refractivity contribution is -0.117. The second-order valence-corrected chi connectivity index (χ2v) is 8.19. The van der Waals surface area contributed by atoms with Crippen molar-refractivity contribution >= 4 is 28.0 Å². The van der Waals surface area contributed by atoms with E-state index in [0.717, 1.165) is 47.5 Å². The van der Waals surface area contributed by atoms with E-state index >= 15 is 0 Å². The molecule has 8 heteroatoms. The number of carbonyl (C=O) groups is 1. The summed E-state index contributed by atoms with van der Waals surface area (Å²) in [5, 5.41) is 10.1. The molecule has 0 spiro atoms. The number of hydrogen-bond donors (Lipinski definition) is 0. The van der Waals surface area contributed by atoms with Crippen molar-refractivity contribution in [3.63, 3.8) is 0 Å². The molecule has 1 amide bonds. The molecule has 0 saturated heterocycles. The SMILES string of the molecule is COc1cc(C2=NCC(=O)N(CC#N)c3sc4c(c32)CCCC4)cc(OC)c1OC. The van der Waals surface area contributed by atoms with Gasteiger partial charge in [0.15, 0.2) is 11.5 Å². The number of fused-ring (bicyclic) bond motifs is 3. The first-order valence-electron chi connectivity index (χ1n) is 9.80. The van der Waals surface area contributed by atoms with Gasteiger partial charge in [0.1, 0.15) is 18.1 Å². The lowest BCUT2D eigenvalue weighted by atomic mass is 9.91. The van der Waals surface area contributed by atoms with E-state index in [-0.39, 0.29) is 19.0 Å². The normalized spacial score (nSPS) is 15.5. The highest BCUT2D eigenvalue weighted by molar-refractivity contribution is 7.17. The summed E-state index contributed by atoms with van der Waals surface area (Å²) in [5.74, 6) is 1.40. The average molecular weight is 426 g/mol. The molecule has 0 radical (unpaired) electrons. The molecule has 156 valence electrons. The predicted molar refractivity (Wildman–Crippen MR) is 116 cm³/mol. The number of nitrogens with zero attached hydrogens (tertiary/aromatic N) is 3. The highest BCUT2D eigenvalue weighted by Gasteiger charge is 2.33. The highest BCUT2D eigenvalue weighted by atomic mass is 32.1. The lowest BCUT2D eigenvalue weighted by Gasteiger charge is -2.18. The second-order valence-electron chi connectivity index (χ2n) is 7.11. The quantitative estimate of drug-likeness (QED) is 0.686. The van der Waals surface area contributed by atoms with E-state index in [2.05, 4.69) is 6.07 Å². The molecule has 4 rings (SSSR count). The fourth-order valence-electron chi connectivity index (χ4n) is 4.09. The van der Waals surface area contributed by atoms with E-state index in [0.29, 0.717) is 17.2 Å². The Hall–Kier alpha value is -3.05. The van der Waals surface area contributed by atoms with E-state index in [9.17, 15) is 10.1 Å². The van der Waals surface area contributed by atoms with Crippen molar-refractivity contribution in [2.45, 2.75) is 25.7 Å². The van der Waals surface area contributed by atoms with Crippen LogP contribution in [0.3, 0.4) is 0 Å². The molecule has 0 saturated carbocycles. The average Bonchev–Trinajstić information content (AvgIpc) is 3.09. The van der Waals surface area contributed by atoms with Crippen LogP contribution in [0.25, 0.3) is 0 Å². The van der Waals surface area contributed by atoms with Crippen molar-refractivity contribution < 1.29 is 19.0 Å². The zero-order valence-electron chi connectivity index (χ0n) is 17.3. The van der Waals surface area contributed by atoms with Crippen LogP contribution in [0.1, 0.15) is 34.4 Å². The van der Waals surface area contributed by atoms with Gasteiger partial charge in [-0.25, -0.2) is 0 Å². The van der Waals surface area contributed by atoms with Crippen molar-refractivity contribution in [3.8, 4) is 23.3 Å². The summed E-state index contributed by atoms with van der Waals surface area (Å²) < 4.78 is 16.5. The number of amides is 1. The van der Waals surface area contributed by atoms with Crippen LogP contribution < -0.4 is 19.1 Å². The molecule has 7 nitrogen and oxygen atoms in total. The maximum absolute atomic E-state index is 12.8. The summed E-state index contributed by atoms with van der Waals surface area (Å²) in [7, 11) is 4.72. The molecule has 0 N–H and O–H groups in total. The number of thiophene rings is 1. The molecule has 0 fully saturated rings. The Balaban J connectivity index is 1.95. The number of anilines is 1. The van der Waals surface area contributed by atoms with Gasteiger partial charge >= 0.3 is 0 Å². The van der Waals surface area contributed by atoms with Gasteiger partial charge in [0.2, 0.25) is 11.7 Å². The van der Waals surface area contributed by atoms with Crippen LogP contribution in [0.15, 0.2) is 17.1 Å². The van der Waals surface area contributed by atoms with Crippen LogP contribution in [-0.2, 0) is 17.6 Å². The van der Waals surface area contributed by atoms with Crippen LogP contribution >= 0.6 is 11.3 Å². The minimum atomic E-state index is -0.168. The molecule has 2 aromatic rings. The Bertz CT molecular complexity index is 1040. The van der Waals surface area contributed by atoms with Crippen LogP contribution in [0.4, 0.5) is 5.00 Å². The Morgan fingerprint density at radius 3 is 2.47 bits per heavy atom. The number of aliphatic imine (C=N–C) groups is 1. The Morgan fingerprint density at radius 2 is 1.83 bits per heavy atom. The van der Waals surface area contributed by atoms with Crippen LogP contribution in [0.2, 0.25) is 0 Å². The van der Waals surface area contributed by atoms with Crippen LogP contribution in [0.5, 0.6) is 17.2 Å². The number of methoxy groups -OCH3 is 3. The minimum absolute atomic E-state index is 0.0101. The molecular formula is C22H23N3O4S. The summed E-state index contributed by atoms with van der Waals surface area (Å²) in [5.41, 5.74) is 3.73. The zero-order valence-corrected chi connectivity index (χ0v) is 18.1. The van der Waals surface area contributed by atoms with E-state index < -0.39 is 0 Å². The third-order valence-corrected chi connectivity index (χ3v) is 6.79. The lowest BCUT2D eigenvalue weighted by Crippen LogP contribution is -2.32. The Labute approximate surface area is 179 Å². The maximum atomic E-state index is 12.8. The highest BCUT2D eigenvalue weighted by Crippen LogP contribution is 2.44. The van der Waals surface area contributed by atoms with Gasteiger partial charge in [0, 0.05) is 16.0 Å². The first-order valence-corrected chi connectivity index (χ1v) is 10.6. The van der Waals surface area contributed by atoms with Gasteiger partial charge in [-0.1, -0.05) is 0 Å². The Morgan fingerprint density at radius 1 is 1.13 bits per heavy atom. The van der Waals surface area contributed by atoms with Gasteiger partial charge in [0.05, 0.1) is 33.1 Å². The van der Waals surface area contributed by atoms with Crippen molar-refractivity contribution in [2.24, 2.45) is 4.99 Å². The van der Waals surface area contributed by atoms with Gasteiger partial charge < -0.3 is 14.2 Å². The molecule has 0 unspecified atom stereocenters. The summed E-state index contributed by atoms with van der Waals surface area (Å²) in [6.07, 6.45) is 4.17. The molecule has 1 aliphatic carbocycles. The second kappa shape index (κ2) is 8.36. The molecule has 1 aromatic carbocycles. The summed E-state index contributed by atoms with van der Waals surface area (Å²) in [6.45, 7) is 0.00707. The van der Waals surface area contributed by atoms with Gasteiger partial charge in [-0.15, -0.1) is 11.3 Å². The summed E-state index contributed by atoms with van der Waals surface area (Å²) in [4.78, 5) is 20.4. The molecule has 1 aromatic heterocycles. The molecule has 0 bridgehead atoms. The van der Waals surface area contributed by atoms with E-state index in [1.165, 1.54) is 10.4 Å². The van der Waals surface area contributed by atoms with E-state index in [1.807, 2.05) is 12.1 Å². The van der Waals surface area contributed by atoms with E-state index in [4.69, 9.17) is 19.2 Å². The molecule has 2 aliphatic rings. The summed E-state index contributed by atoms with van der Waals surface area (Å²) >= 11 is 1.61. The molecule has 0 atom stereocenters. The van der Waals surface area contributed by atoms with Gasteiger partial charge in [-0.2, -0.15) is 5.26 Å². The molecule has 1 aliphatic heterocycles. The van der Waals surface area contributed by atoms with Crippen molar-refractivity contribution in [3.05, 3.63) is 33.7 Å². The maximum Gasteiger partial charge on any atom is 0.250 e. The van der Waals surface area contributed by atoms with Gasteiger partial charge in [-0.3, -0.25) is 14.7 Å². The molecular weight excluding hydrogens is 402 g/mol. The fraction of sp³-hybridized carbons (Fsp3) is 0.409. The largest absolute Gasteiger partial charge is 0.493 e. The minimum Gasteiger partial charge on any atom is -0.493 e. The van der Waals surface area contributed by atoms with Crippen LogP contribution in [0, 0.1) is 11.3 Å². The van der Waals surface area contributed by atoms with Crippen molar-refractivity contribution in [1.29, 1.82) is 5.26 Å². The number of benzene rings is 1. The van der Waals surface area contributed by atoms with Crippen molar-refractivity contribution in [2.75, 3.05) is 39.3 Å². The standard InChI is InChI=1S/C22H23N3O4S/c1-27-15-10-13(11-16(28-2)21(15)29-3)20-19-14-6-4-5-7-17(14)30-22(19)25(9-8-23)18(26)12-24-20/h10-11H,4-7,9,12H2,1-3H3. The number of rotatable bonds is 5. The van der Waals surface area contributed by atoms with E-state index in [1.54, 1.807) is 37.6 Å². The topological polar surface area (TPSA) is 84.2 Å².